The van der Waals surface area contributed by atoms with Crippen LogP contribution >= 0.6 is 11.6 Å². The maximum Gasteiger partial charge on any atom is 0.222 e. The molecule has 3 N–H and O–H groups in total. The average molecular weight is 292 g/mol. The standard InChI is InChI=1S/C14H18ClN5/c1-3-20(4-2)11-7-5-10(6-8-11)18-13-12(15)9-17-14(16)19-13/h5-9H,3-4H2,1-2H3,(H3,16,17,18,19). The number of rotatable bonds is 5. The number of benzene rings is 1. The Morgan fingerprint density at radius 3 is 2.45 bits per heavy atom. The summed E-state index contributed by atoms with van der Waals surface area (Å²) >= 11 is 6.02. The molecular weight excluding hydrogens is 274 g/mol. The number of hydrogen-bond acceptors (Lipinski definition) is 5. The number of aromatic nitrogens is 2. The lowest BCUT2D eigenvalue weighted by Gasteiger charge is -2.21. The molecule has 0 bridgehead atoms. The summed E-state index contributed by atoms with van der Waals surface area (Å²) < 4.78 is 0. The van der Waals surface area contributed by atoms with Crippen LogP contribution in [0.1, 0.15) is 13.8 Å². The Kier molecular flexibility index (Phi) is 4.63. The molecule has 0 spiro atoms. The van der Waals surface area contributed by atoms with Crippen LogP contribution in [0.15, 0.2) is 30.5 Å². The summed E-state index contributed by atoms with van der Waals surface area (Å²) in [6, 6.07) is 8.10. The zero-order valence-electron chi connectivity index (χ0n) is 11.6. The summed E-state index contributed by atoms with van der Waals surface area (Å²) in [7, 11) is 0. The van der Waals surface area contributed by atoms with Crippen molar-refractivity contribution in [1.82, 2.24) is 9.97 Å². The fraction of sp³-hybridized carbons (Fsp3) is 0.286. The van der Waals surface area contributed by atoms with Crippen LogP contribution in [0, 0.1) is 0 Å². The van der Waals surface area contributed by atoms with Crippen molar-refractivity contribution in [2.24, 2.45) is 0 Å². The van der Waals surface area contributed by atoms with E-state index in [1.807, 2.05) is 12.1 Å². The van der Waals surface area contributed by atoms with Crippen LogP contribution < -0.4 is 16.0 Å². The third-order valence-corrected chi connectivity index (χ3v) is 3.30. The van der Waals surface area contributed by atoms with E-state index >= 15 is 0 Å². The molecule has 20 heavy (non-hydrogen) atoms. The molecule has 0 aliphatic heterocycles. The molecule has 0 fully saturated rings. The molecule has 1 aromatic carbocycles. The first-order valence-electron chi connectivity index (χ1n) is 6.54. The zero-order chi connectivity index (χ0) is 14.5. The van der Waals surface area contributed by atoms with Crippen molar-refractivity contribution in [2.45, 2.75) is 13.8 Å². The molecule has 6 heteroatoms. The molecule has 5 nitrogen and oxygen atoms in total. The zero-order valence-corrected chi connectivity index (χ0v) is 12.4. The van der Waals surface area contributed by atoms with Crippen molar-refractivity contribution in [3.8, 4) is 0 Å². The van der Waals surface area contributed by atoms with Crippen molar-refractivity contribution in [3.63, 3.8) is 0 Å². The minimum Gasteiger partial charge on any atom is -0.372 e. The van der Waals surface area contributed by atoms with Gasteiger partial charge in [-0.2, -0.15) is 4.98 Å². The maximum atomic E-state index is 6.02. The first-order chi connectivity index (χ1) is 9.63. The fourth-order valence-corrected chi connectivity index (χ4v) is 2.09. The first-order valence-corrected chi connectivity index (χ1v) is 6.91. The second kappa shape index (κ2) is 6.43. The second-order valence-corrected chi connectivity index (χ2v) is 4.68. The fourth-order valence-electron chi connectivity index (χ4n) is 1.95. The van der Waals surface area contributed by atoms with Crippen molar-refractivity contribution >= 4 is 34.7 Å². The topological polar surface area (TPSA) is 67.1 Å². The summed E-state index contributed by atoms with van der Waals surface area (Å²) in [5, 5.41) is 3.57. The van der Waals surface area contributed by atoms with E-state index in [2.05, 4.69) is 46.2 Å². The largest absolute Gasteiger partial charge is 0.372 e. The SMILES string of the molecule is CCN(CC)c1ccc(Nc2nc(N)ncc2Cl)cc1. The highest BCUT2D eigenvalue weighted by Gasteiger charge is 2.05. The van der Waals surface area contributed by atoms with Gasteiger partial charge in [0.1, 0.15) is 5.02 Å². The Hall–Kier alpha value is -2.01. The van der Waals surface area contributed by atoms with Gasteiger partial charge in [-0.05, 0) is 38.1 Å². The van der Waals surface area contributed by atoms with Crippen molar-refractivity contribution in [1.29, 1.82) is 0 Å². The third-order valence-electron chi connectivity index (χ3n) is 3.02. The van der Waals surface area contributed by atoms with Gasteiger partial charge in [0.2, 0.25) is 5.95 Å². The monoisotopic (exact) mass is 291 g/mol. The van der Waals surface area contributed by atoms with Crippen LogP contribution in [0.5, 0.6) is 0 Å². The molecule has 2 aromatic rings. The van der Waals surface area contributed by atoms with Gasteiger partial charge in [0.25, 0.3) is 0 Å². The lowest BCUT2D eigenvalue weighted by Crippen LogP contribution is -2.21. The van der Waals surface area contributed by atoms with E-state index in [4.69, 9.17) is 17.3 Å². The summed E-state index contributed by atoms with van der Waals surface area (Å²) in [5.41, 5.74) is 7.65. The van der Waals surface area contributed by atoms with Crippen LogP contribution in [0.2, 0.25) is 5.02 Å². The first kappa shape index (κ1) is 14.4. The Labute approximate surface area is 123 Å². The molecule has 1 heterocycles. The minimum atomic E-state index is 0.191. The van der Waals surface area contributed by atoms with Gasteiger partial charge in [-0.1, -0.05) is 11.6 Å². The number of halogens is 1. The molecular formula is C14H18ClN5. The average Bonchev–Trinajstić information content (AvgIpc) is 2.46. The lowest BCUT2D eigenvalue weighted by atomic mass is 10.2. The smallest absolute Gasteiger partial charge is 0.222 e. The summed E-state index contributed by atoms with van der Waals surface area (Å²) in [6.45, 7) is 6.24. The number of hydrogen-bond donors (Lipinski definition) is 2. The number of nitrogens with one attached hydrogen (secondary N) is 1. The summed E-state index contributed by atoms with van der Waals surface area (Å²) in [5.74, 6) is 0.700. The Morgan fingerprint density at radius 2 is 1.85 bits per heavy atom. The van der Waals surface area contributed by atoms with Crippen LogP contribution in [0.25, 0.3) is 0 Å². The lowest BCUT2D eigenvalue weighted by molar-refractivity contribution is 0.866. The number of nitrogen functional groups attached to an aromatic ring is 1. The molecule has 1 aromatic heterocycles. The maximum absolute atomic E-state index is 6.02. The van der Waals surface area contributed by atoms with Gasteiger partial charge in [0.15, 0.2) is 5.82 Å². The van der Waals surface area contributed by atoms with Crippen LogP contribution in [0.3, 0.4) is 0 Å². The van der Waals surface area contributed by atoms with Gasteiger partial charge in [-0.15, -0.1) is 0 Å². The van der Waals surface area contributed by atoms with Crippen molar-refractivity contribution in [2.75, 3.05) is 29.0 Å². The highest BCUT2D eigenvalue weighted by Crippen LogP contribution is 2.24. The van der Waals surface area contributed by atoms with E-state index in [0.29, 0.717) is 10.8 Å². The molecule has 0 aliphatic carbocycles. The van der Waals surface area contributed by atoms with Gasteiger partial charge in [0, 0.05) is 24.5 Å². The minimum absolute atomic E-state index is 0.191. The predicted octanol–water partition coefficient (Wildman–Crippen LogP) is 3.30. The normalized spacial score (nSPS) is 10.3. The van der Waals surface area contributed by atoms with Crippen LogP contribution in [-0.4, -0.2) is 23.1 Å². The van der Waals surface area contributed by atoms with Gasteiger partial charge in [-0.25, -0.2) is 4.98 Å². The van der Waals surface area contributed by atoms with Crippen molar-refractivity contribution < 1.29 is 0 Å². The molecule has 0 atom stereocenters. The third kappa shape index (κ3) is 3.30. The molecule has 2 rings (SSSR count). The summed E-state index contributed by atoms with van der Waals surface area (Å²) in [4.78, 5) is 10.2. The van der Waals surface area contributed by atoms with Gasteiger partial charge in [0.05, 0.1) is 6.20 Å². The molecule has 0 saturated heterocycles. The molecule has 0 radical (unpaired) electrons. The van der Waals surface area contributed by atoms with Gasteiger partial charge >= 0.3 is 0 Å². The van der Waals surface area contributed by atoms with E-state index in [-0.39, 0.29) is 5.95 Å². The van der Waals surface area contributed by atoms with Gasteiger partial charge in [-0.3, -0.25) is 0 Å². The molecule has 0 amide bonds. The second-order valence-electron chi connectivity index (χ2n) is 4.27. The van der Waals surface area contributed by atoms with Gasteiger partial charge < -0.3 is 16.0 Å². The number of nitrogens with two attached hydrogens (primary N) is 1. The Bertz CT molecular complexity index is 566. The molecule has 0 unspecified atom stereocenters. The number of anilines is 4. The predicted molar refractivity (Wildman–Crippen MR) is 84.7 cm³/mol. The molecule has 0 saturated carbocycles. The summed E-state index contributed by atoms with van der Waals surface area (Å²) in [6.07, 6.45) is 1.48. The Morgan fingerprint density at radius 1 is 1.20 bits per heavy atom. The highest BCUT2D eigenvalue weighted by molar-refractivity contribution is 6.32. The van der Waals surface area contributed by atoms with E-state index in [0.717, 1.165) is 18.8 Å². The Balaban J connectivity index is 2.16. The quantitative estimate of drug-likeness (QED) is 0.885. The molecule has 106 valence electrons. The molecule has 0 aliphatic rings. The van der Waals surface area contributed by atoms with Crippen molar-refractivity contribution in [3.05, 3.63) is 35.5 Å². The van der Waals surface area contributed by atoms with Crippen LogP contribution in [-0.2, 0) is 0 Å². The van der Waals surface area contributed by atoms with E-state index < -0.39 is 0 Å². The van der Waals surface area contributed by atoms with E-state index in [1.165, 1.54) is 11.9 Å². The number of nitrogens with zero attached hydrogens (tertiary/aromatic N) is 3. The highest BCUT2D eigenvalue weighted by atomic mass is 35.5. The van der Waals surface area contributed by atoms with E-state index in [9.17, 15) is 0 Å². The van der Waals surface area contributed by atoms with E-state index in [1.54, 1.807) is 0 Å². The van der Waals surface area contributed by atoms with Crippen LogP contribution in [0.4, 0.5) is 23.1 Å².